The van der Waals surface area contributed by atoms with E-state index in [9.17, 15) is 4.79 Å². The maximum Gasteiger partial charge on any atom is 0.234 e. The first-order valence-corrected chi connectivity index (χ1v) is 9.95. The van der Waals surface area contributed by atoms with Crippen LogP contribution < -0.4 is 10.6 Å². The van der Waals surface area contributed by atoms with Gasteiger partial charge in [-0.15, -0.1) is 24.8 Å². The number of carbonyl (C=O) groups excluding carboxylic acids is 1. The summed E-state index contributed by atoms with van der Waals surface area (Å²) in [6, 6.07) is 14.2. The molecule has 7 nitrogen and oxygen atoms in total. The molecule has 4 rings (SSSR count). The Kier molecular flexibility index (Phi) is 9.94. The smallest absolute Gasteiger partial charge is 0.234 e. The third kappa shape index (κ3) is 6.77. The minimum absolute atomic E-state index is 0. The van der Waals surface area contributed by atoms with Crippen LogP contribution >= 0.6 is 24.8 Å². The van der Waals surface area contributed by atoms with Gasteiger partial charge in [0.15, 0.2) is 0 Å². The van der Waals surface area contributed by atoms with Crippen molar-refractivity contribution in [1.82, 2.24) is 30.3 Å². The molecule has 1 fully saturated rings. The fourth-order valence-electron chi connectivity index (χ4n) is 3.72. The molecule has 2 aromatic heterocycles. The number of halogens is 2. The third-order valence-electron chi connectivity index (χ3n) is 5.26. The summed E-state index contributed by atoms with van der Waals surface area (Å²) in [4.78, 5) is 19.1. The van der Waals surface area contributed by atoms with Crippen LogP contribution in [-0.2, 0) is 17.9 Å². The monoisotopic (exact) mass is 462 g/mol. The molecular formula is C22H28Cl2N6O. The van der Waals surface area contributed by atoms with Crippen LogP contribution in [0.2, 0.25) is 0 Å². The molecule has 0 bridgehead atoms. The van der Waals surface area contributed by atoms with Crippen molar-refractivity contribution in [3.05, 3.63) is 83.9 Å². The lowest BCUT2D eigenvalue weighted by atomic mass is 10.1. The molecule has 9 heteroatoms. The van der Waals surface area contributed by atoms with Crippen molar-refractivity contribution in [2.75, 3.05) is 26.2 Å². The molecule has 0 radical (unpaired) electrons. The highest BCUT2D eigenvalue weighted by Crippen LogP contribution is 2.20. The molecule has 0 saturated carbocycles. The molecule has 2 N–H and O–H groups in total. The third-order valence-corrected chi connectivity index (χ3v) is 5.26. The largest absolute Gasteiger partial charge is 0.351 e. The Morgan fingerprint density at radius 3 is 2.68 bits per heavy atom. The molecule has 3 aromatic rings. The normalized spacial score (nSPS) is 16.1. The lowest BCUT2D eigenvalue weighted by Gasteiger charge is -2.35. The summed E-state index contributed by atoms with van der Waals surface area (Å²) >= 11 is 0. The number of hydrogen-bond donors (Lipinski definition) is 2. The average Bonchev–Trinajstić information content (AvgIpc) is 3.27. The Morgan fingerprint density at radius 2 is 1.94 bits per heavy atom. The number of hydrogen-bond acceptors (Lipinski definition) is 5. The Hall–Kier alpha value is -2.45. The predicted octanol–water partition coefficient (Wildman–Crippen LogP) is 2.43. The first kappa shape index (κ1) is 24.8. The topological polar surface area (TPSA) is 75.1 Å². The first-order valence-electron chi connectivity index (χ1n) is 9.95. The second kappa shape index (κ2) is 12.4. The van der Waals surface area contributed by atoms with E-state index in [1.807, 2.05) is 41.3 Å². The van der Waals surface area contributed by atoms with E-state index in [-0.39, 0.29) is 36.8 Å². The summed E-state index contributed by atoms with van der Waals surface area (Å²) in [5.74, 6) is 0.0367. The quantitative estimate of drug-likeness (QED) is 0.563. The van der Waals surface area contributed by atoms with Gasteiger partial charge in [0.05, 0.1) is 13.1 Å². The second-order valence-electron chi connectivity index (χ2n) is 7.23. The molecule has 1 aromatic carbocycles. The Morgan fingerprint density at radius 1 is 1.10 bits per heavy atom. The number of pyridine rings is 1. The highest BCUT2D eigenvalue weighted by Gasteiger charge is 2.25. The van der Waals surface area contributed by atoms with Gasteiger partial charge < -0.3 is 10.6 Å². The number of carbonyl (C=O) groups is 1. The molecule has 1 aliphatic heterocycles. The van der Waals surface area contributed by atoms with Crippen molar-refractivity contribution < 1.29 is 4.79 Å². The van der Waals surface area contributed by atoms with Gasteiger partial charge in [0.2, 0.25) is 5.91 Å². The zero-order chi connectivity index (χ0) is 19.9. The van der Waals surface area contributed by atoms with E-state index in [0.717, 1.165) is 36.3 Å². The van der Waals surface area contributed by atoms with E-state index < -0.39 is 0 Å². The van der Waals surface area contributed by atoms with Gasteiger partial charge in [0.1, 0.15) is 0 Å². The average molecular weight is 463 g/mol. The van der Waals surface area contributed by atoms with Crippen LogP contribution in [-0.4, -0.2) is 51.8 Å². The van der Waals surface area contributed by atoms with Gasteiger partial charge in [0, 0.05) is 57.0 Å². The molecule has 3 heterocycles. The van der Waals surface area contributed by atoms with E-state index in [2.05, 4.69) is 43.8 Å². The predicted molar refractivity (Wildman–Crippen MR) is 126 cm³/mol. The summed E-state index contributed by atoms with van der Waals surface area (Å²) in [7, 11) is 0. The number of aromatic nitrogens is 3. The summed E-state index contributed by atoms with van der Waals surface area (Å²) < 4.78 is 1.89. The Balaban J connectivity index is 0.00000171. The lowest BCUT2D eigenvalue weighted by molar-refractivity contribution is -0.123. The lowest BCUT2D eigenvalue weighted by Crippen LogP contribution is -2.49. The molecule has 166 valence electrons. The molecule has 1 atom stereocenters. The van der Waals surface area contributed by atoms with Crippen molar-refractivity contribution in [1.29, 1.82) is 0 Å². The van der Waals surface area contributed by atoms with Crippen LogP contribution in [0.25, 0.3) is 0 Å². The zero-order valence-corrected chi connectivity index (χ0v) is 18.8. The first-order chi connectivity index (χ1) is 14.3. The standard InChI is InChI=1S/C22H26N6O.2ClH/c29-22(17-27-12-10-24-15-21(27)19-7-3-8-23-13-19)25-14-18-5-1-2-6-20(18)16-28-11-4-9-26-28;;/h1-9,11,13,21,24H,10,12,14-17H2,(H,25,29);2*1H. The fraction of sp³-hybridized carbons (Fsp3) is 0.318. The van der Waals surface area contributed by atoms with Crippen LogP contribution in [0.3, 0.4) is 0 Å². The number of nitrogens with zero attached hydrogens (tertiary/aromatic N) is 4. The Bertz CT molecular complexity index is 923. The molecule has 0 spiro atoms. The summed E-state index contributed by atoms with van der Waals surface area (Å²) in [5, 5.41) is 10.8. The van der Waals surface area contributed by atoms with Gasteiger partial charge in [0.25, 0.3) is 0 Å². The number of benzene rings is 1. The molecule has 31 heavy (non-hydrogen) atoms. The van der Waals surface area contributed by atoms with Crippen LogP contribution in [0.15, 0.2) is 67.3 Å². The number of nitrogens with one attached hydrogen (secondary N) is 2. The number of rotatable bonds is 7. The minimum atomic E-state index is 0. The minimum Gasteiger partial charge on any atom is -0.351 e. The molecular weight excluding hydrogens is 435 g/mol. The van der Waals surface area contributed by atoms with Crippen molar-refractivity contribution in [2.45, 2.75) is 19.1 Å². The molecule has 0 aliphatic carbocycles. The second-order valence-corrected chi connectivity index (χ2v) is 7.23. The van der Waals surface area contributed by atoms with E-state index >= 15 is 0 Å². The zero-order valence-electron chi connectivity index (χ0n) is 17.2. The van der Waals surface area contributed by atoms with Crippen LogP contribution in [0.5, 0.6) is 0 Å². The molecule has 1 aliphatic rings. The van der Waals surface area contributed by atoms with Gasteiger partial charge >= 0.3 is 0 Å². The molecule has 1 amide bonds. The highest BCUT2D eigenvalue weighted by atomic mass is 35.5. The van der Waals surface area contributed by atoms with Gasteiger partial charge in [-0.3, -0.25) is 19.4 Å². The van der Waals surface area contributed by atoms with Gasteiger partial charge in [-0.25, -0.2) is 0 Å². The molecule has 1 saturated heterocycles. The van der Waals surface area contributed by atoms with E-state index in [0.29, 0.717) is 19.6 Å². The maximum absolute atomic E-state index is 12.7. The number of amides is 1. The van der Waals surface area contributed by atoms with E-state index in [1.165, 1.54) is 0 Å². The van der Waals surface area contributed by atoms with E-state index in [4.69, 9.17) is 0 Å². The number of piperazine rings is 1. The van der Waals surface area contributed by atoms with Crippen LogP contribution in [0.1, 0.15) is 22.7 Å². The van der Waals surface area contributed by atoms with Gasteiger partial charge in [-0.1, -0.05) is 30.3 Å². The van der Waals surface area contributed by atoms with Crippen molar-refractivity contribution >= 4 is 30.7 Å². The van der Waals surface area contributed by atoms with E-state index in [1.54, 1.807) is 12.4 Å². The summed E-state index contributed by atoms with van der Waals surface area (Å²) in [6.45, 7) is 4.13. The van der Waals surface area contributed by atoms with Gasteiger partial charge in [-0.2, -0.15) is 5.10 Å². The highest BCUT2D eigenvalue weighted by molar-refractivity contribution is 5.85. The van der Waals surface area contributed by atoms with Crippen LogP contribution in [0, 0.1) is 0 Å². The van der Waals surface area contributed by atoms with Crippen molar-refractivity contribution in [3.63, 3.8) is 0 Å². The summed E-state index contributed by atoms with van der Waals surface area (Å²) in [5.41, 5.74) is 3.41. The maximum atomic E-state index is 12.7. The van der Waals surface area contributed by atoms with Crippen molar-refractivity contribution in [3.8, 4) is 0 Å². The Labute approximate surface area is 195 Å². The van der Waals surface area contributed by atoms with Gasteiger partial charge in [-0.05, 0) is 28.8 Å². The summed E-state index contributed by atoms with van der Waals surface area (Å²) in [6.07, 6.45) is 7.38. The SMILES string of the molecule is Cl.Cl.O=C(CN1CCNCC1c1cccnc1)NCc1ccccc1Cn1cccn1. The molecule has 1 unspecified atom stereocenters. The fourth-order valence-corrected chi connectivity index (χ4v) is 3.72. The van der Waals surface area contributed by atoms with Crippen molar-refractivity contribution in [2.24, 2.45) is 0 Å². The van der Waals surface area contributed by atoms with Crippen LogP contribution in [0.4, 0.5) is 0 Å².